The Morgan fingerprint density at radius 2 is 2.12 bits per heavy atom. The van der Waals surface area contributed by atoms with Crippen LogP contribution in [-0.2, 0) is 0 Å². The number of hydrogen-bond donors (Lipinski definition) is 2. The van der Waals surface area contributed by atoms with Gasteiger partial charge in [0.25, 0.3) is 0 Å². The minimum Gasteiger partial charge on any atom is -0.366 e. The van der Waals surface area contributed by atoms with E-state index in [9.17, 15) is 0 Å². The van der Waals surface area contributed by atoms with Crippen LogP contribution in [0.25, 0.3) is 0 Å². The lowest BCUT2D eigenvalue weighted by atomic mass is 11.0. The van der Waals surface area contributed by atoms with Crippen LogP contribution in [-0.4, -0.2) is 17.1 Å². The summed E-state index contributed by atoms with van der Waals surface area (Å²) in [5.74, 6) is 0. The summed E-state index contributed by atoms with van der Waals surface area (Å²) in [7, 11) is 1.69. The molecule has 0 aromatic heterocycles. The zero-order chi connectivity index (χ0) is 6.57. The Morgan fingerprint density at radius 3 is 2.25 bits per heavy atom. The van der Waals surface area contributed by atoms with Crippen molar-refractivity contribution in [1.29, 1.82) is 0 Å². The summed E-state index contributed by atoms with van der Waals surface area (Å²) >= 11 is 15.2. The van der Waals surface area contributed by atoms with Gasteiger partial charge in [-0.25, -0.2) is 0 Å². The minimum atomic E-state index is -0.630. The summed E-state index contributed by atoms with van der Waals surface area (Å²) < 4.78 is 0. The van der Waals surface area contributed by atoms with Crippen LogP contribution in [0.4, 0.5) is 0 Å². The van der Waals surface area contributed by atoms with Gasteiger partial charge < -0.3 is 10.6 Å². The number of rotatable bonds is 1. The van der Waals surface area contributed by atoms with E-state index >= 15 is 0 Å². The molecule has 0 radical (unpaired) electrons. The van der Waals surface area contributed by atoms with Crippen molar-refractivity contribution in [3.63, 3.8) is 0 Å². The molecule has 0 aliphatic rings. The maximum Gasteiger partial charge on any atom is 0.179 e. The van der Waals surface area contributed by atoms with E-state index in [1.807, 2.05) is 0 Å². The van der Waals surface area contributed by atoms with Gasteiger partial charge in [0.05, 0.1) is 0 Å². The van der Waals surface area contributed by atoms with Gasteiger partial charge in [-0.15, -0.1) is 0 Å². The van der Waals surface area contributed by atoms with Crippen LogP contribution in [0.15, 0.2) is 0 Å². The van der Waals surface area contributed by atoms with E-state index in [-0.39, 0.29) is 0 Å². The number of nitrogens with one attached hydrogen (secondary N) is 2. The highest BCUT2D eigenvalue weighted by Crippen LogP contribution is 1.93. The molecule has 0 fully saturated rings. The normalized spacial score (nSPS) is 9.00. The molecule has 0 saturated heterocycles. The summed E-state index contributed by atoms with van der Waals surface area (Å²) in [5.41, 5.74) is 0. The van der Waals surface area contributed by atoms with E-state index in [1.54, 1.807) is 7.05 Å². The molecule has 0 aromatic rings. The van der Waals surface area contributed by atoms with Crippen LogP contribution in [0.3, 0.4) is 0 Å². The molecular weight excluding hydrogens is 167 g/mol. The molecule has 2 nitrogen and oxygen atoms in total. The zero-order valence-electron chi connectivity index (χ0n) is 4.24. The molecule has 0 unspecified atom stereocenters. The van der Waals surface area contributed by atoms with Gasteiger partial charge in [-0.05, 0) is 12.2 Å². The van der Waals surface area contributed by atoms with E-state index in [0.29, 0.717) is 5.11 Å². The summed E-state index contributed by atoms with van der Waals surface area (Å²) in [6.07, 6.45) is 0. The van der Waals surface area contributed by atoms with Gasteiger partial charge in [-0.1, -0.05) is 23.2 Å². The van der Waals surface area contributed by atoms with Crippen LogP contribution in [0, 0.1) is 0 Å². The summed E-state index contributed by atoms with van der Waals surface area (Å²) in [4.78, 5) is -0.630. The average Bonchev–Trinajstić information content (AvgIpc) is 1.65. The van der Waals surface area contributed by atoms with Crippen molar-refractivity contribution in [3.8, 4) is 0 Å². The molecule has 0 spiro atoms. The van der Waals surface area contributed by atoms with Gasteiger partial charge >= 0.3 is 0 Å². The van der Waals surface area contributed by atoms with Crippen LogP contribution < -0.4 is 10.6 Å². The maximum absolute atomic E-state index is 5.28. The Bertz CT molecular complexity index is 85.4. The predicted octanol–water partition coefficient (Wildman–Crippen LogP) is 0.841. The number of thiocarbonyl (C=S) groups is 1. The molecule has 0 aromatic carbocycles. The first kappa shape index (κ1) is 8.27. The quantitative estimate of drug-likeness (QED) is 0.349. The highest BCUT2D eigenvalue weighted by atomic mass is 35.5. The molecular formula is C3H6Cl2N2S. The van der Waals surface area contributed by atoms with Crippen LogP contribution >= 0.6 is 35.4 Å². The molecule has 0 bridgehead atoms. The number of hydrogen-bond acceptors (Lipinski definition) is 1. The molecule has 0 heterocycles. The minimum absolute atomic E-state index is 0.444. The molecule has 2 N–H and O–H groups in total. The van der Waals surface area contributed by atoms with E-state index in [2.05, 4.69) is 22.9 Å². The summed E-state index contributed by atoms with van der Waals surface area (Å²) in [6, 6.07) is 0. The first-order valence-corrected chi connectivity index (χ1v) is 3.21. The van der Waals surface area contributed by atoms with Gasteiger partial charge in [0.1, 0.15) is 0 Å². The molecule has 0 aliphatic heterocycles. The van der Waals surface area contributed by atoms with Gasteiger partial charge in [0.2, 0.25) is 0 Å². The van der Waals surface area contributed by atoms with E-state index in [0.717, 1.165) is 0 Å². The smallest absolute Gasteiger partial charge is 0.179 e. The van der Waals surface area contributed by atoms with Crippen LogP contribution in [0.2, 0.25) is 0 Å². The third-order valence-electron chi connectivity index (χ3n) is 0.467. The highest BCUT2D eigenvalue weighted by Gasteiger charge is 1.96. The van der Waals surface area contributed by atoms with E-state index in [1.165, 1.54) is 0 Å². The summed E-state index contributed by atoms with van der Waals surface area (Å²) in [5, 5.41) is 5.64. The number of halogens is 2. The fourth-order valence-electron chi connectivity index (χ4n) is 0.171. The average molecular weight is 173 g/mol. The van der Waals surface area contributed by atoms with Crippen molar-refractivity contribution in [2.75, 3.05) is 7.05 Å². The fourth-order valence-corrected chi connectivity index (χ4v) is 0.637. The van der Waals surface area contributed by atoms with Crippen molar-refractivity contribution in [2.45, 2.75) is 4.96 Å². The first-order valence-electron chi connectivity index (χ1n) is 1.93. The molecule has 0 saturated carbocycles. The zero-order valence-corrected chi connectivity index (χ0v) is 6.57. The third kappa shape index (κ3) is 4.43. The SMILES string of the molecule is CNC(=S)NC(Cl)Cl. The Balaban J connectivity index is 3.25. The molecule has 5 heteroatoms. The maximum atomic E-state index is 5.28. The number of alkyl halides is 2. The lowest BCUT2D eigenvalue weighted by Gasteiger charge is -2.05. The second-order valence-corrected chi connectivity index (χ2v) is 2.53. The molecule has 0 rings (SSSR count). The second kappa shape index (κ2) is 4.18. The van der Waals surface area contributed by atoms with Gasteiger partial charge in [-0.3, -0.25) is 0 Å². The van der Waals surface area contributed by atoms with Crippen LogP contribution in [0.1, 0.15) is 0 Å². The molecule has 0 atom stereocenters. The van der Waals surface area contributed by atoms with E-state index < -0.39 is 4.96 Å². The van der Waals surface area contributed by atoms with Crippen molar-refractivity contribution in [2.24, 2.45) is 0 Å². The topological polar surface area (TPSA) is 24.1 Å². The Labute approximate surface area is 63.5 Å². The predicted molar refractivity (Wildman–Crippen MR) is 40.3 cm³/mol. The third-order valence-corrected chi connectivity index (χ3v) is 1.01. The van der Waals surface area contributed by atoms with Gasteiger partial charge in [0.15, 0.2) is 10.1 Å². The van der Waals surface area contributed by atoms with Crippen molar-refractivity contribution in [1.82, 2.24) is 10.6 Å². The molecule has 8 heavy (non-hydrogen) atoms. The lowest BCUT2D eigenvalue weighted by Crippen LogP contribution is -2.34. The van der Waals surface area contributed by atoms with Gasteiger partial charge in [-0.2, -0.15) is 0 Å². The van der Waals surface area contributed by atoms with Crippen molar-refractivity contribution < 1.29 is 0 Å². The van der Waals surface area contributed by atoms with Crippen LogP contribution in [0.5, 0.6) is 0 Å². The fraction of sp³-hybridized carbons (Fsp3) is 0.667. The Hall–Kier alpha value is 0.270. The standard InChI is InChI=1S/C3H6Cl2N2S/c1-6-3(8)7-2(4)5/h2H,1H3,(H2,6,7,8). The van der Waals surface area contributed by atoms with E-state index in [4.69, 9.17) is 23.2 Å². The highest BCUT2D eigenvalue weighted by molar-refractivity contribution is 7.80. The second-order valence-electron chi connectivity index (χ2n) is 1.02. The molecule has 0 aliphatic carbocycles. The lowest BCUT2D eigenvalue weighted by molar-refractivity contribution is 0.991. The molecule has 48 valence electrons. The van der Waals surface area contributed by atoms with Crippen molar-refractivity contribution in [3.05, 3.63) is 0 Å². The van der Waals surface area contributed by atoms with Crippen molar-refractivity contribution >= 4 is 40.5 Å². The monoisotopic (exact) mass is 172 g/mol. The Kier molecular flexibility index (Phi) is 4.32. The molecule has 0 amide bonds. The van der Waals surface area contributed by atoms with Gasteiger partial charge in [0, 0.05) is 7.05 Å². The first-order chi connectivity index (χ1) is 3.66. The largest absolute Gasteiger partial charge is 0.366 e. The summed E-state index contributed by atoms with van der Waals surface area (Å²) in [6.45, 7) is 0. The Morgan fingerprint density at radius 1 is 1.62 bits per heavy atom.